The summed E-state index contributed by atoms with van der Waals surface area (Å²) < 4.78 is 12.9. The van der Waals surface area contributed by atoms with Crippen LogP contribution in [0.3, 0.4) is 0 Å². The van der Waals surface area contributed by atoms with Crippen LogP contribution in [-0.2, 0) is 19.1 Å². The third-order valence-corrected chi connectivity index (χ3v) is 4.35. The summed E-state index contributed by atoms with van der Waals surface area (Å²) in [5.74, 6) is 1.65. The van der Waals surface area contributed by atoms with Crippen molar-refractivity contribution in [3.8, 4) is 11.5 Å². The Balaban J connectivity index is 1.83. The first-order valence-corrected chi connectivity index (χ1v) is 7.05. The van der Waals surface area contributed by atoms with Crippen LogP contribution in [-0.4, -0.2) is 28.3 Å². The van der Waals surface area contributed by atoms with E-state index in [-0.39, 0.29) is 5.54 Å². The Labute approximate surface area is 125 Å². The summed E-state index contributed by atoms with van der Waals surface area (Å²) in [5, 5.41) is 0. The molecule has 0 unspecified atom stereocenters. The molecule has 3 rings (SSSR count). The minimum absolute atomic E-state index is 0.120. The molecule has 1 aliphatic heterocycles. The molecule has 5 heteroatoms. The zero-order chi connectivity index (χ0) is 15.0. The molecule has 5 nitrogen and oxygen atoms in total. The quantitative estimate of drug-likeness (QED) is 0.866. The minimum atomic E-state index is -0.120. The molecule has 0 aliphatic carbocycles. The summed E-state index contributed by atoms with van der Waals surface area (Å²) in [7, 11) is 4.14. The number of hydrogen-bond acceptors (Lipinski definition) is 4. The summed E-state index contributed by atoms with van der Waals surface area (Å²) in [4.78, 5) is 6.48. The van der Waals surface area contributed by atoms with Gasteiger partial charge in [-0.15, -0.1) is 0 Å². The van der Waals surface area contributed by atoms with Crippen molar-refractivity contribution in [1.29, 1.82) is 0 Å². The van der Waals surface area contributed by atoms with Gasteiger partial charge < -0.3 is 14.0 Å². The van der Waals surface area contributed by atoms with Crippen LogP contribution in [0.15, 0.2) is 30.7 Å². The Hall–Kier alpha value is -2.01. The van der Waals surface area contributed by atoms with Crippen molar-refractivity contribution < 1.29 is 9.47 Å². The number of ether oxygens (including phenoxy) is 2. The first kappa shape index (κ1) is 13.9. The van der Waals surface area contributed by atoms with E-state index in [2.05, 4.69) is 42.9 Å². The van der Waals surface area contributed by atoms with E-state index in [4.69, 9.17) is 9.47 Å². The molecule has 0 radical (unpaired) electrons. The van der Waals surface area contributed by atoms with Crippen LogP contribution in [0.5, 0.6) is 11.5 Å². The van der Waals surface area contributed by atoms with Crippen molar-refractivity contribution in [3.63, 3.8) is 0 Å². The summed E-state index contributed by atoms with van der Waals surface area (Å²) in [6, 6.07) is 6.16. The van der Waals surface area contributed by atoms with Crippen LogP contribution >= 0.6 is 0 Å². The van der Waals surface area contributed by atoms with E-state index >= 15 is 0 Å². The summed E-state index contributed by atoms with van der Waals surface area (Å²) in [6.07, 6.45) is 3.74. The fraction of sp³-hybridized carbons (Fsp3) is 0.438. The van der Waals surface area contributed by atoms with Crippen LogP contribution in [0.25, 0.3) is 0 Å². The van der Waals surface area contributed by atoms with E-state index in [0.29, 0.717) is 6.79 Å². The molecule has 112 valence electrons. The van der Waals surface area contributed by atoms with Gasteiger partial charge >= 0.3 is 0 Å². The van der Waals surface area contributed by atoms with Crippen molar-refractivity contribution in [2.24, 2.45) is 7.05 Å². The fourth-order valence-corrected chi connectivity index (χ4v) is 2.48. The van der Waals surface area contributed by atoms with E-state index < -0.39 is 0 Å². The van der Waals surface area contributed by atoms with E-state index in [1.807, 2.05) is 30.2 Å². The molecule has 0 fully saturated rings. The second kappa shape index (κ2) is 5.07. The van der Waals surface area contributed by atoms with Crippen molar-refractivity contribution in [2.75, 3.05) is 13.8 Å². The smallest absolute Gasteiger partial charge is 0.231 e. The molecule has 1 aromatic heterocycles. The highest BCUT2D eigenvalue weighted by Crippen LogP contribution is 2.37. The van der Waals surface area contributed by atoms with Gasteiger partial charge in [0.1, 0.15) is 0 Å². The molecule has 2 heterocycles. The Kier molecular flexibility index (Phi) is 3.37. The third-order valence-electron chi connectivity index (χ3n) is 4.35. The van der Waals surface area contributed by atoms with Crippen molar-refractivity contribution in [3.05, 3.63) is 42.0 Å². The van der Waals surface area contributed by atoms with Gasteiger partial charge in [0, 0.05) is 25.3 Å². The average molecular weight is 287 g/mol. The van der Waals surface area contributed by atoms with Crippen LogP contribution in [0.4, 0.5) is 0 Å². The van der Waals surface area contributed by atoms with Crippen molar-refractivity contribution >= 4 is 0 Å². The molecule has 0 amide bonds. The van der Waals surface area contributed by atoms with Gasteiger partial charge in [-0.1, -0.05) is 6.07 Å². The van der Waals surface area contributed by atoms with E-state index in [1.54, 1.807) is 0 Å². The van der Waals surface area contributed by atoms with Gasteiger partial charge in [-0.25, -0.2) is 4.98 Å². The summed E-state index contributed by atoms with van der Waals surface area (Å²) >= 11 is 0. The molecule has 0 N–H and O–H groups in total. The highest BCUT2D eigenvalue weighted by molar-refractivity contribution is 5.46. The van der Waals surface area contributed by atoms with Gasteiger partial charge in [-0.3, -0.25) is 4.90 Å². The van der Waals surface area contributed by atoms with Gasteiger partial charge in [0.2, 0.25) is 6.79 Å². The maximum atomic E-state index is 5.48. The number of rotatable bonds is 4. The second-order valence-corrected chi connectivity index (χ2v) is 5.98. The highest BCUT2D eigenvalue weighted by Gasteiger charge is 2.28. The van der Waals surface area contributed by atoms with Crippen LogP contribution in [0.1, 0.15) is 25.1 Å². The van der Waals surface area contributed by atoms with Gasteiger partial charge in [0.15, 0.2) is 11.5 Å². The Bertz CT molecular complexity index is 649. The van der Waals surface area contributed by atoms with E-state index in [1.165, 1.54) is 11.3 Å². The lowest BCUT2D eigenvalue weighted by Crippen LogP contribution is -2.38. The summed E-state index contributed by atoms with van der Waals surface area (Å²) in [6.45, 7) is 5.56. The molecular weight excluding hydrogens is 266 g/mol. The van der Waals surface area contributed by atoms with Gasteiger partial charge in [0.05, 0.1) is 12.0 Å². The van der Waals surface area contributed by atoms with E-state index in [9.17, 15) is 0 Å². The normalized spacial score (nSPS) is 14.0. The average Bonchev–Trinajstić information content (AvgIpc) is 3.07. The van der Waals surface area contributed by atoms with Crippen LogP contribution in [0, 0.1) is 0 Å². The standard InChI is InChI=1S/C16H21N3O2/c1-16(2,19(4)9-13-8-17-10-18(13)3)12-5-6-14-15(7-12)21-11-20-14/h5-8,10H,9,11H2,1-4H3. The van der Waals surface area contributed by atoms with Crippen molar-refractivity contribution in [2.45, 2.75) is 25.9 Å². The summed E-state index contributed by atoms with van der Waals surface area (Å²) in [5.41, 5.74) is 2.27. The maximum Gasteiger partial charge on any atom is 0.231 e. The largest absolute Gasteiger partial charge is 0.454 e. The van der Waals surface area contributed by atoms with Crippen LogP contribution in [0.2, 0.25) is 0 Å². The Morgan fingerprint density at radius 2 is 2.05 bits per heavy atom. The molecule has 0 saturated heterocycles. The second-order valence-electron chi connectivity index (χ2n) is 5.98. The lowest BCUT2D eigenvalue weighted by molar-refractivity contribution is 0.144. The molecule has 0 spiro atoms. The number of benzene rings is 1. The maximum absolute atomic E-state index is 5.48. The molecule has 2 aromatic rings. The minimum Gasteiger partial charge on any atom is -0.454 e. The number of hydrogen-bond donors (Lipinski definition) is 0. The highest BCUT2D eigenvalue weighted by atomic mass is 16.7. The number of aromatic nitrogens is 2. The SMILES string of the molecule is CN(Cc1cncn1C)C(C)(C)c1ccc2c(c1)OCO2. The number of fused-ring (bicyclic) bond motifs is 1. The molecule has 0 atom stereocenters. The zero-order valence-corrected chi connectivity index (χ0v) is 13.0. The lowest BCUT2D eigenvalue weighted by Gasteiger charge is -2.36. The van der Waals surface area contributed by atoms with Gasteiger partial charge in [-0.05, 0) is 38.6 Å². The number of imidazole rings is 1. The first-order chi connectivity index (χ1) is 9.98. The van der Waals surface area contributed by atoms with Gasteiger partial charge in [0.25, 0.3) is 0 Å². The molecule has 1 aliphatic rings. The molecule has 0 saturated carbocycles. The molecule has 0 bridgehead atoms. The third kappa shape index (κ3) is 2.49. The molecule has 21 heavy (non-hydrogen) atoms. The predicted molar refractivity (Wildman–Crippen MR) is 80.3 cm³/mol. The Morgan fingerprint density at radius 1 is 1.29 bits per heavy atom. The predicted octanol–water partition coefficient (Wildman–Crippen LogP) is 2.52. The first-order valence-electron chi connectivity index (χ1n) is 7.05. The van der Waals surface area contributed by atoms with Crippen molar-refractivity contribution in [1.82, 2.24) is 14.5 Å². The van der Waals surface area contributed by atoms with Gasteiger partial charge in [-0.2, -0.15) is 0 Å². The van der Waals surface area contributed by atoms with Crippen LogP contribution < -0.4 is 9.47 Å². The topological polar surface area (TPSA) is 39.5 Å². The molecule has 1 aromatic carbocycles. The van der Waals surface area contributed by atoms with E-state index in [0.717, 1.165) is 18.0 Å². The fourth-order valence-electron chi connectivity index (χ4n) is 2.48. The lowest BCUT2D eigenvalue weighted by atomic mass is 9.92. The number of aryl methyl sites for hydroxylation is 1. The zero-order valence-electron chi connectivity index (χ0n) is 13.0. The molecular formula is C16H21N3O2. The monoisotopic (exact) mass is 287 g/mol. The Morgan fingerprint density at radius 3 is 2.76 bits per heavy atom. The number of nitrogens with zero attached hydrogens (tertiary/aromatic N) is 3.